The summed E-state index contributed by atoms with van der Waals surface area (Å²) < 4.78 is 20.4. The van der Waals surface area contributed by atoms with Gasteiger partial charge in [0.25, 0.3) is 5.95 Å². The van der Waals surface area contributed by atoms with Gasteiger partial charge in [-0.2, -0.15) is 4.80 Å². The first-order valence-corrected chi connectivity index (χ1v) is 9.49. The topological polar surface area (TPSA) is 79.5 Å². The Morgan fingerprint density at radius 2 is 2.00 bits per heavy atom. The molecule has 0 spiro atoms. The number of aryl methyl sites for hydroxylation is 1. The minimum atomic E-state index is -0.277. The van der Waals surface area contributed by atoms with Gasteiger partial charge in [-0.1, -0.05) is 17.2 Å². The molecule has 2 aliphatic heterocycles. The summed E-state index contributed by atoms with van der Waals surface area (Å²) in [6, 6.07) is 11.2. The van der Waals surface area contributed by atoms with Crippen molar-refractivity contribution in [3.63, 3.8) is 0 Å². The molecule has 0 bridgehead atoms. The molecule has 0 amide bonds. The number of aliphatic hydroxyl groups excluding tert-OH is 1. The molecule has 1 aromatic heterocycles. The lowest BCUT2D eigenvalue weighted by molar-refractivity contribution is 0.0645. The van der Waals surface area contributed by atoms with Crippen LogP contribution in [0.3, 0.4) is 0 Å². The van der Waals surface area contributed by atoms with Crippen molar-refractivity contribution in [2.75, 3.05) is 29.7 Å². The van der Waals surface area contributed by atoms with Crippen molar-refractivity contribution in [3.8, 4) is 11.1 Å². The molecule has 2 aromatic carbocycles. The zero-order valence-corrected chi connectivity index (χ0v) is 16.0. The number of tetrazole rings is 1. The summed E-state index contributed by atoms with van der Waals surface area (Å²) >= 11 is 0. The summed E-state index contributed by atoms with van der Waals surface area (Å²) in [6.07, 6.45) is -0.221. The molecule has 0 radical (unpaired) electrons. The molecule has 1 unspecified atom stereocenters. The number of aliphatic hydroxyl groups is 1. The number of nitrogens with zero attached hydrogens (tertiary/aromatic N) is 6. The van der Waals surface area contributed by atoms with Crippen molar-refractivity contribution in [2.45, 2.75) is 19.2 Å². The Balaban J connectivity index is 1.37. The summed E-state index contributed by atoms with van der Waals surface area (Å²) in [4.78, 5) is 5.41. The van der Waals surface area contributed by atoms with Crippen molar-refractivity contribution in [1.82, 2.24) is 20.2 Å². The Morgan fingerprint density at radius 1 is 1.14 bits per heavy atom. The molecular formula is C20H21FN6O2. The van der Waals surface area contributed by atoms with Crippen molar-refractivity contribution in [2.24, 2.45) is 7.05 Å². The predicted molar refractivity (Wildman–Crippen MR) is 105 cm³/mol. The third-order valence-corrected chi connectivity index (χ3v) is 5.43. The van der Waals surface area contributed by atoms with Crippen LogP contribution >= 0.6 is 0 Å². The van der Waals surface area contributed by atoms with Gasteiger partial charge >= 0.3 is 0 Å². The Kier molecular flexibility index (Phi) is 4.40. The molecule has 2 aliphatic rings. The Hall–Kier alpha value is -3.04. The number of ether oxygens (including phenoxy) is 1. The smallest absolute Gasteiger partial charge is 0.266 e. The van der Waals surface area contributed by atoms with E-state index >= 15 is 0 Å². The third-order valence-electron chi connectivity index (χ3n) is 5.43. The van der Waals surface area contributed by atoms with Gasteiger partial charge in [0.15, 0.2) is 0 Å². The van der Waals surface area contributed by atoms with Crippen LogP contribution in [-0.2, 0) is 24.9 Å². The number of benzene rings is 2. The Morgan fingerprint density at radius 3 is 2.72 bits per heavy atom. The van der Waals surface area contributed by atoms with E-state index < -0.39 is 0 Å². The lowest BCUT2D eigenvalue weighted by Gasteiger charge is -2.17. The van der Waals surface area contributed by atoms with Gasteiger partial charge in [-0.15, -0.1) is 5.10 Å². The lowest BCUT2D eigenvalue weighted by atomic mass is 10.00. The molecule has 1 atom stereocenters. The molecule has 1 fully saturated rings. The SMILES string of the molecule is Cn1nnc(N2Cc3ccc(-c4ccc(N5COC(CO)C5)cc4F)cc3C2)n1. The average molecular weight is 396 g/mol. The first kappa shape index (κ1) is 18.0. The molecule has 9 heteroatoms. The summed E-state index contributed by atoms with van der Waals surface area (Å²) in [5, 5.41) is 21.4. The van der Waals surface area contributed by atoms with E-state index in [0.29, 0.717) is 37.9 Å². The van der Waals surface area contributed by atoms with Gasteiger partial charge in [-0.05, 0) is 46.2 Å². The Labute approximate surface area is 167 Å². The predicted octanol–water partition coefficient (Wildman–Crippen LogP) is 1.69. The van der Waals surface area contributed by atoms with Crippen LogP contribution in [0.5, 0.6) is 0 Å². The highest BCUT2D eigenvalue weighted by Gasteiger charge is 2.25. The van der Waals surface area contributed by atoms with Crippen LogP contribution in [0.2, 0.25) is 0 Å². The van der Waals surface area contributed by atoms with Crippen LogP contribution in [0.15, 0.2) is 36.4 Å². The van der Waals surface area contributed by atoms with E-state index in [1.54, 1.807) is 13.1 Å². The van der Waals surface area contributed by atoms with E-state index in [1.807, 2.05) is 34.1 Å². The number of hydrogen-bond donors (Lipinski definition) is 1. The normalized spacial score (nSPS) is 18.5. The number of halogens is 1. The van der Waals surface area contributed by atoms with Gasteiger partial charge < -0.3 is 19.6 Å². The van der Waals surface area contributed by atoms with Crippen LogP contribution in [0.4, 0.5) is 16.0 Å². The second-order valence-corrected chi connectivity index (χ2v) is 7.41. The highest BCUT2D eigenvalue weighted by atomic mass is 19.1. The molecule has 5 rings (SSSR count). The van der Waals surface area contributed by atoms with Crippen LogP contribution in [0, 0.1) is 5.82 Å². The molecule has 1 N–H and O–H groups in total. The summed E-state index contributed by atoms with van der Waals surface area (Å²) in [6.45, 7) is 2.26. The minimum absolute atomic E-state index is 0.0344. The number of fused-ring (bicyclic) bond motifs is 1. The van der Waals surface area contributed by atoms with E-state index in [0.717, 1.165) is 16.8 Å². The second kappa shape index (κ2) is 7.09. The monoisotopic (exact) mass is 396 g/mol. The average Bonchev–Trinajstić information content (AvgIpc) is 3.46. The molecule has 0 aliphatic carbocycles. The molecule has 150 valence electrons. The molecule has 3 aromatic rings. The molecule has 8 nitrogen and oxygen atoms in total. The maximum atomic E-state index is 14.9. The zero-order valence-electron chi connectivity index (χ0n) is 16.0. The highest BCUT2D eigenvalue weighted by molar-refractivity contribution is 5.69. The van der Waals surface area contributed by atoms with Gasteiger partial charge in [-0.25, -0.2) is 4.39 Å². The fraction of sp³-hybridized carbons (Fsp3) is 0.350. The van der Waals surface area contributed by atoms with Crippen molar-refractivity contribution in [1.29, 1.82) is 0 Å². The van der Waals surface area contributed by atoms with Crippen molar-refractivity contribution >= 4 is 11.6 Å². The maximum Gasteiger partial charge on any atom is 0.266 e. The largest absolute Gasteiger partial charge is 0.394 e. The molecular weight excluding hydrogens is 375 g/mol. The van der Waals surface area contributed by atoms with Crippen molar-refractivity contribution in [3.05, 3.63) is 53.3 Å². The number of anilines is 2. The van der Waals surface area contributed by atoms with Gasteiger partial charge in [-0.3, -0.25) is 0 Å². The van der Waals surface area contributed by atoms with E-state index in [-0.39, 0.29) is 18.5 Å². The van der Waals surface area contributed by atoms with Crippen LogP contribution in [0.25, 0.3) is 11.1 Å². The van der Waals surface area contributed by atoms with E-state index in [4.69, 9.17) is 4.74 Å². The van der Waals surface area contributed by atoms with Crippen molar-refractivity contribution < 1.29 is 14.2 Å². The van der Waals surface area contributed by atoms with Gasteiger partial charge in [0.1, 0.15) is 18.7 Å². The third kappa shape index (κ3) is 3.32. The first-order chi connectivity index (χ1) is 14.1. The van der Waals surface area contributed by atoms with E-state index in [1.165, 1.54) is 16.4 Å². The quantitative estimate of drug-likeness (QED) is 0.719. The first-order valence-electron chi connectivity index (χ1n) is 9.49. The lowest BCUT2D eigenvalue weighted by Crippen LogP contribution is -2.23. The van der Waals surface area contributed by atoms with E-state index in [2.05, 4.69) is 15.4 Å². The minimum Gasteiger partial charge on any atom is -0.394 e. The number of aromatic nitrogens is 4. The van der Waals surface area contributed by atoms with Gasteiger partial charge in [0.2, 0.25) is 0 Å². The maximum absolute atomic E-state index is 14.9. The molecule has 3 heterocycles. The molecule has 0 saturated carbocycles. The fourth-order valence-electron chi connectivity index (χ4n) is 3.88. The van der Waals surface area contributed by atoms with Crippen LogP contribution in [-0.4, -0.2) is 51.3 Å². The van der Waals surface area contributed by atoms with Gasteiger partial charge in [0.05, 0.1) is 13.7 Å². The summed E-state index contributed by atoms with van der Waals surface area (Å²) in [5.41, 5.74) is 4.47. The van der Waals surface area contributed by atoms with E-state index in [9.17, 15) is 9.50 Å². The zero-order chi connectivity index (χ0) is 20.0. The van der Waals surface area contributed by atoms with Crippen LogP contribution < -0.4 is 9.80 Å². The summed E-state index contributed by atoms with van der Waals surface area (Å²) in [7, 11) is 1.74. The van der Waals surface area contributed by atoms with Crippen LogP contribution in [0.1, 0.15) is 11.1 Å². The second-order valence-electron chi connectivity index (χ2n) is 7.41. The number of hydrogen-bond acceptors (Lipinski definition) is 7. The number of rotatable bonds is 4. The summed E-state index contributed by atoms with van der Waals surface area (Å²) in [5.74, 6) is 0.315. The molecule has 29 heavy (non-hydrogen) atoms. The van der Waals surface area contributed by atoms with Gasteiger partial charge in [0, 0.05) is 30.9 Å². The Bertz CT molecular complexity index is 1060. The fourth-order valence-corrected chi connectivity index (χ4v) is 3.88. The standard InChI is InChI=1S/C20H21FN6O2/c1-25-23-20(22-24-25)26-8-14-3-2-13(6-15(14)9-26)18-5-4-16(7-19(18)21)27-10-17(11-28)29-12-27/h2-7,17,28H,8-12H2,1H3. The molecule has 1 saturated heterocycles. The highest BCUT2D eigenvalue weighted by Crippen LogP contribution is 2.33.